The van der Waals surface area contributed by atoms with Gasteiger partial charge in [0.15, 0.2) is 0 Å². The van der Waals surface area contributed by atoms with Gasteiger partial charge in [-0.05, 0) is 83.5 Å². The lowest BCUT2D eigenvalue weighted by atomic mass is 10.0. The number of carbonyl (C=O) groups is 1. The van der Waals surface area contributed by atoms with Crippen molar-refractivity contribution in [2.24, 2.45) is 0 Å². The van der Waals surface area contributed by atoms with Gasteiger partial charge in [-0.1, -0.05) is 214 Å². The Morgan fingerprint density at radius 1 is 0.545 bits per heavy atom. The number of aliphatic hydroxyl groups excluding tert-OH is 1. The van der Waals surface area contributed by atoms with Gasteiger partial charge in [-0.2, -0.15) is 0 Å². The van der Waals surface area contributed by atoms with Crippen molar-refractivity contribution in [1.29, 1.82) is 0 Å². The number of amides is 1. The van der Waals surface area contributed by atoms with Crippen LogP contribution in [0.2, 0.25) is 0 Å². The number of carbonyl (C=O) groups excluding carboxylic acids is 1. The second-order valence-electron chi connectivity index (χ2n) is 19.2. The van der Waals surface area contributed by atoms with Crippen molar-refractivity contribution in [3.8, 4) is 0 Å². The first kappa shape index (κ1) is 63.7. The van der Waals surface area contributed by atoms with Gasteiger partial charge in [0.2, 0.25) is 5.91 Å². The maximum absolute atomic E-state index is 12.9. The largest absolute Gasteiger partial charge is 0.756 e. The molecular formula is C57H103N2O6P. The highest BCUT2D eigenvalue weighted by atomic mass is 31.2. The lowest BCUT2D eigenvalue weighted by Crippen LogP contribution is -2.45. The van der Waals surface area contributed by atoms with Crippen LogP contribution in [0.3, 0.4) is 0 Å². The first-order chi connectivity index (χ1) is 32.0. The highest BCUT2D eigenvalue weighted by Crippen LogP contribution is 2.38. The van der Waals surface area contributed by atoms with Gasteiger partial charge in [0, 0.05) is 6.42 Å². The van der Waals surface area contributed by atoms with Crippen molar-refractivity contribution < 1.29 is 32.9 Å². The molecular weight excluding hydrogens is 840 g/mol. The Labute approximate surface area is 407 Å². The Morgan fingerprint density at radius 3 is 1.41 bits per heavy atom. The molecule has 0 saturated carbocycles. The van der Waals surface area contributed by atoms with E-state index in [4.69, 9.17) is 9.05 Å². The number of phosphoric acid groups is 1. The van der Waals surface area contributed by atoms with Crippen LogP contribution in [-0.2, 0) is 18.4 Å². The third kappa shape index (κ3) is 49.6. The molecule has 3 unspecified atom stereocenters. The number of quaternary nitrogens is 1. The van der Waals surface area contributed by atoms with Crippen LogP contribution in [0.5, 0.6) is 0 Å². The molecule has 0 aromatic heterocycles. The number of likely N-dealkylation sites (N-methyl/N-ethyl adjacent to an activating group) is 1. The Bertz CT molecular complexity index is 1350. The van der Waals surface area contributed by atoms with E-state index in [1.807, 2.05) is 27.2 Å². The van der Waals surface area contributed by atoms with Crippen molar-refractivity contribution in [1.82, 2.24) is 5.32 Å². The number of hydrogen-bond acceptors (Lipinski definition) is 6. The summed E-state index contributed by atoms with van der Waals surface area (Å²) in [5.74, 6) is -0.237. The number of phosphoric ester groups is 1. The van der Waals surface area contributed by atoms with Gasteiger partial charge in [0.05, 0.1) is 39.9 Å². The molecule has 0 aromatic rings. The fourth-order valence-corrected chi connectivity index (χ4v) is 8.07. The summed E-state index contributed by atoms with van der Waals surface area (Å²) in [6.45, 7) is 4.48. The number of allylic oxidation sites excluding steroid dienone is 13. The smallest absolute Gasteiger partial charge is 0.268 e. The van der Waals surface area contributed by atoms with Crippen LogP contribution in [0, 0.1) is 0 Å². The van der Waals surface area contributed by atoms with Crippen molar-refractivity contribution >= 4 is 13.7 Å². The van der Waals surface area contributed by atoms with E-state index in [2.05, 4.69) is 92.1 Å². The van der Waals surface area contributed by atoms with E-state index in [0.717, 1.165) is 83.5 Å². The fraction of sp³-hybridized carbons (Fsp3) is 0.737. The molecule has 0 bridgehead atoms. The topological polar surface area (TPSA) is 108 Å². The van der Waals surface area contributed by atoms with Gasteiger partial charge >= 0.3 is 0 Å². The minimum atomic E-state index is -4.62. The Kier molecular flexibility index (Phi) is 46.1. The predicted molar refractivity (Wildman–Crippen MR) is 283 cm³/mol. The minimum absolute atomic E-state index is 0.0184. The maximum atomic E-state index is 12.9. The molecule has 0 aliphatic carbocycles. The molecule has 0 heterocycles. The summed E-state index contributed by atoms with van der Waals surface area (Å²) in [4.78, 5) is 25.4. The van der Waals surface area contributed by atoms with Crippen molar-refractivity contribution in [2.75, 3.05) is 40.9 Å². The van der Waals surface area contributed by atoms with E-state index in [1.54, 1.807) is 6.08 Å². The van der Waals surface area contributed by atoms with E-state index in [1.165, 1.54) is 116 Å². The zero-order valence-corrected chi connectivity index (χ0v) is 44.3. The van der Waals surface area contributed by atoms with E-state index >= 15 is 0 Å². The Balaban J connectivity index is 4.36. The summed E-state index contributed by atoms with van der Waals surface area (Å²) >= 11 is 0. The average molecular weight is 943 g/mol. The molecule has 2 N–H and O–H groups in total. The second kappa shape index (κ2) is 47.7. The van der Waals surface area contributed by atoms with Crippen LogP contribution in [-0.4, -0.2) is 68.5 Å². The van der Waals surface area contributed by atoms with Gasteiger partial charge in [-0.3, -0.25) is 9.36 Å². The number of nitrogens with one attached hydrogen (secondary N) is 1. The standard InChI is InChI=1S/C57H103N2O6P/c1-6-8-10-12-14-16-18-20-22-24-25-26-27-28-29-30-31-32-33-35-36-38-40-42-44-46-48-50-56(60)55(54-65-66(62,63)64-53-52-59(3,4)5)58-57(61)51-49-47-45-43-41-39-37-34-23-21-19-17-15-13-11-9-7-2/h9,11,15,17,21,23,33,35,37,39-40,42,48,50,55-56,60H,6-8,10,12-14,16,18-20,22,24-32,34,36,38,41,43-47,49,51-54H2,1-5H3,(H-,58,61,62,63)/b11-9-,17-15-,23-21-,35-33+,39-37-,42-40+,50-48+. The summed E-state index contributed by atoms with van der Waals surface area (Å²) in [5, 5.41) is 13.8. The quantitative estimate of drug-likeness (QED) is 0.0272. The monoisotopic (exact) mass is 943 g/mol. The van der Waals surface area contributed by atoms with Crippen LogP contribution in [0.1, 0.15) is 219 Å². The van der Waals surface area contributed by atoms with Gasteiger partial charge in [0.1, 0.15) is 13.2 Å². The number of hydrogen-bond donors (Lipinski definition) is 2. The van der Waals surface area contributed by atoms with Crippen molar-refractivity contribution in [3.05, 3.63) is 85.1 Å². The first-order valence-electron chi connectivity index (χ1n) is 26.9. The average Bonchev–Trinajstić information content (AvgIpc) is 3.28. The van der Waals surface area contributed by atoms with Gasteiger partial charge in [-0.15, -0.1) is 0 Å². The van der Waals surface area contributed by atoms with E-state index in [0.29, 0.717) is 17.4 Å². The molecule has 0 fully saturated rings. The molecule has 1 amide bonds. The Hall–Kier alpha value is -2.32. The SMILES string of the molecule is CC/C=C\C/C=C\C/C=C\C/C=C\CCCCCCC(=O)NC(COP(=O)([O-])OCC[N+](C)(C)C)C(O)/C=C/CC/C=C/CC/C=C/CCCCCCCCCCCCCCCCCCC. The predicted octanol–water partition coefficient (Wildman–Crippen LogP) is 15.5. The zero-order chi connectivity index (χ0) is 48.5. The van der Waals surface area contributed by atoms with Crippen LogP contribution in [0.25, 0.3) is 0 Å². The molecule has 9 heteroatoms. The molecule has 0 saturated heterocycles. The molecule has 0 radical (unpaired) electrons. The summed E-state index contributed by atoms with van der Waals surface area (Å²) in [6.07, 6.45) is 66.6. The van der Waals surface area contributed by atoms with Crippen LogP contribution >= 0.6 is 7.82 Å². The van der Waals surface area contributed by atoms with Gasteiger partial charge in [0.25, 0.3) is 7.82 Å². The molecule has 0 aliphatic rings. The summed E-state index contributed by atoms with van der Waals surface area (Å²) in [5.41, 5.74) is 0. The molecule has 8 nitrogen and oxygen atoms in total. The lowest BCUT2D eigenvalue weighted by molar-refractivity contribution is -0.870. The molecule has 66 heavy (non-hydrogen) atoms. The first-order valence-corrected chi connectivity index (χ1v) is 28.4. The lowest BCUT2D eigenvalue weighted by Gasteiger charge is -2.29. The molecule has 3 atom stereocenters. The fourth-order valence-electron chi connectivity index (χ4n) is 7.35. The van der Waals surface area contributed by atoms with Crippen molar-refractivity contribution in [3.63, 3.8) is 0 Å². The summed E-state index contributed by atoms with van der Waals surface area (Å²) in [6, 6.07) is -0.928. The number of unbranched alkanes of at least 4 members (excludes halogenated alkanes) is 23. The number of aliphatic hydroxyl groups is 1. The molecule has 0 rings (SSSR count). The summed E-state index contributed by atoms with van der Waals surface area (Å²) < 4.78 is 23.3. The molecule has 0 aromatic carbocycles. The van der Waals surface area contributed by atoms with E-state index in [-0.39, 0.29) is 12.5 Å². The van der Waals surface area contributed by atoms with E-state index in [9.17, 15) is 19.4 Å². The van der Waals surface area contributed by atoms with Crippen LogP contribution < -0.4 is 10.2 Å². The molecule has 0 spiro atoms. The van der Waals surface area contributed by atoms with Gasteiger partial charge in [-0.25, -0.2) is 0 Å². The normalized spacial score (nSPS) is 14.7. The maximum Gasteiger partial charge on any atom is 0.268 e. The van der Waals surface area contributed by atoms with Crippen LogP contribution in [0.15, 0.2) is 85.1 Å². The summed E-state index contributed by atoms with van der Waals surface area (Å²) in [7, 11) is 1.21. The minimum Gasteiger partial charge on any atom is -0.756 e. The third-order valence-corrected chi connectivity index (χ3v) is 12.5. The van der Waals surface area contributed by atoms with E-state index < -0.39 is 26.6 Å². The second-order valence-corrected chi connectivity index (χ2v) is 20.6. The zero-order valence-electron chi connectivity index (χ0n) is 43.4. The number of nitrogens with zero attached hydrogens (tertiary/aromatic N) is 1. The number of rotatable bonds is 48. The highest BCUT2D eigenvalue weighted by molar-refractivity contribution is 7.45. The molecule has 382 valence electrons. The van der Waals surface area contributed by atoms with Crippen molar-refractivity contribution in [2.45, 2.75) is 231 Å². The Morgan fingerprint density at radius 2 is 0.939 bits per heavy atom. The highest BCUT2D eigenvalue weighted by Gasteiger charge is 2.23. The molecule has 0 aliphatic heterocycles. The van der Waals surface area contributed by atoms with Gasteiger partial charge < -0.3 is 28.8 Å². The third-order valence-electron chi connectivity index (χ3n) is 11.6. The van der Waals surface area contributed by atoms with Crippen LogP contribution in [0.4, 0.5) is 0 Å².